The van der Waals surface area contributed by atoms with E-state index in [2.05, 4.69) is 9.88 Å². The Morgan fingerprint density at radius 3 is 2.68 bits per heavy atom. The first kappa shape index (κ1) is 16.9. The highest BCUT2D eigenvalue weighted by Gasteiger charge is 2.36. The van der Waals surface area contributed by atoms with Gasteiger partial charge in [0, 0.05) is 38.4 Å². The normalized spacial score (nSPS) is 22.9. The lowest BCUT2D eigenvalue weighted by atomic mass is 9.91. The molecule has 6 nitrogen and oxygen atoms in total. The van der Waals surface area contributed by atoms with Gasteiger partial charge in [0.2, 0.25) is 5.88 Å². The summed E-state index contributed by atoms with van der Waals surface area (Å²) in [6.45, 7) is 5.04. The van der Waals surface area contributed by atoms with Gasteiger partial charge in [0.05, 0.1) is 13.1 Å². The van der Waals surface area contributed by atoms with E-state index in [0.29, 0.717) is 24.0 Å². The molecular weight excluding hydrogens is 340 g/mol. The van der Waals surface area contributed by atoms with Crippen molar-refractivity contribution in [1.82, 2.24) is 19.7 Å². The molecule has 0 unspecified atom stereocenters. The van der Waals surface area contributed by atoms with E-state index in [1.165, 1.54) is 19.3 Å². The quantitative estimate of drug-likeness (QED) is 0.826. The van der Waals surface area contributed by atoms with Crippen molar-refractivity contribution < 1.29 is 9.53 Å². The lowest BCUT2D eigenvalue weighted by Gasteiger charge is -2.41. The molecule has 1 saturated carbocycles. The van der Waals surface area contributed by atoms with Gasteiger partial charge in [-0.1, -0.05) is 18.0 Å². The predicted molar refractivity (Wildman–Crippen MR) is 96.0 cm³/mol. The third kappa shape index (κ3) is 3.70. The van der Waals surface area contributed by atoms with E-state index in [0.717, 1.165) is 38.6 Å². The summed E-state index contributed by atoms with van der Waals surface area (Å²) in [5, 5.41) is 0.510. The van der Waals surface area contributed by atoms with Gasteiger partial charge in [0.25, 0.3) is 0 Å². The molecule has 1 aromatic heterocycles. The SMILES string of the molecule is O=C(N1CCCN(C2CCC2)CC1)N1CC(Oc2ncccc2Cl)C1. The fourth-order valence-corrected chi connectivity index (χ4v) is 3.90. The highest BCUT2D eigenvalue weighted by molar-refractivity contribution is 6.31. The summed E-state index contributed by atoms with van der Waals surface area (Å²) in [5.74, 6) is 0.451. The van der Waals surface area contributed by atoms with Gasteiger partial charge < -0.3 is 14.5 Å². The van der Waals surface area contributed by atoms with E-state index < -0.39 is 0 Å². The second-order valence-electron chi connectivity index (χ2n) is 7.18. The number of likely N-dealkylation sites (tertiary alicyclic amines) is 1. The minimum absolute atomic E-state index is 0.0187. The second-order valence-corrected chi connectivity index (χ2v) is 7.59. The third-order valence-electron chi connectivity index (χ3n) is 5.51. The van der Waals surface area contributed by atoms with Crippen LogP contribution >= 0.6 is 11.6 Å². The fourth-order valence-electron chi connectivity index (χ4n) is 3.73. The van der Waals surface area contributed by atoms with Crippen molar-refractivity contribution in [2.24, 2.45) is 0 Å². The average molecular weight is 365 g/mol. The summed E-state index contributed by atoms with van der Waals surface area (Å²) in [5.41, 5.74) is 0. The standard InChI is InChI=1S/C18H25ClN4O2/c19-16-6-2-7-20-17(16)25-15-12-23(13-15)18(24)22-9-3-8-21(10-11-22)14-4-1-5-14/h2,6-7,14-15H,1,3-5,8-13H2. The summed E-state index contributed by atoms with van der Waals surface area (Å²) in [7, 11) is 0. The number of pyridine rings is 1. The van der Waals surface area contributed by atoms with Gasteiger partial charge in [-0.05, 0) is 31.4 Å². The summed E-state index contributed by atoms with van der Waals surface area (Å²) in [6, 6.07) is 4.44. The summed E-state index contributed by atoms with van der Waals surface area (Å²) in [4.78, 5) is 23.3. The fraction of sp³-hybridized carbons (Fsp3) is 0.667. The lowest BCUT2D eigenvalue weighted by Crippen LogP contribution is -2.60. The third-order valence-corrected chi connectivity index (χ3v) is 5.80. The molecule has 2 saturated heterocycles. The van der Waals surface area contributed by atoms with Crippen LogP contribution in [-0.2, 0) is 0 Å². The summed E-state index contributed by atoms with van der Waals surface area (Å²) < 4.78 is 5.78. The lowest BCUT2D eigenvalue weighted by molar-refractivity contribution is 0.0284. The predicted octanol–water partition coefficient (Wildman–Crippen LogP) is 2.48. The van der Waals surface area contributed by atoms with Gasteiger partial charge in [-0.2, -0.15) is 0 Å². The van der Waals surface area contributed by atoms with E-state index in [9.17, 15) is 4.79 Å². The average Bonchev–Trinajstić information content (AvgIpc) is 2.76. The molecule has 7 heteroatoms. The van der Waals surface area contributed by atoms with Crippen LogP contribution in [0.5, 0.6) is 5.88 Å². The Kier molecular flexibility index (Phi) is 4.99. The number of urea groups is 1. The van der Waals surface area contributed by atoms with Gasteiger partial charge in [-0.15, -0.1) is 0 Å². The number of hydrogen-bond donors (Lipinski definition) is 0. The van der Waals surface area contributed by atoms with Crippen molar-refractivity contribution in [1.29, 1.82) is 0 Å². The molecule has 3 aliphatic rings. The molecule has 136 valence electrons. The zero-order valence-corrected chi connectivity index (χ0v) is 15.2. The zero-order chi connectivity index (χ0) is 17.2. The van der Waals surface area contributed by atoms with Gasteiger partial charge in [-0.25, -0.2) is 9.78 Å². The molecule has 1 aliphatic carbocycles. The molecular formula is C18H25ClN4O2. The van der Waals surface area contributed by atoms with Gasteiger partial charge in [-0.3, -0.25) is 4.90 Å². The number of rotatable bonds is 3. The molecule has 0 bridgehead atoms. The first-order valence-electron chi connectivity index (χ1n) is 9.26. The van der Waals surface area contributed by atoms with Crippen molar-refractivity contribution in [2.75, 3.05) is 39.3 Å². The molecule has 0 spiro atoms. The number of carbonyl (C=O) groups is 1. The Morgan fingerprint density at radius 2 is 1.96 bits per heavy atom. The number of aromatic nitrogens is 1. The van der Waals surface area contributed by atoms with Crippen LogP contribution in [0.15, 0.2) is 18.3 Å². The molecule has 1 aromatic rings. The van der Waals surface area contributed by atoms with Crippen LogP contribution in [0, 0.1) is 0 Å². The van der Waals surface area contributed by atoms with E-state index in [1.807, 2.05) is 9.80 Å². The van der Waals surface area contributed by atoms with Crippen LogP contribution in [0.4, 0.5) is 4.79 Å². The molecule has 0 N–H and O–H groups in total. The number of hydrogen-bond acceptors (Lipinski definition) is 4. The molecule has 4 rings (SSSR count). The van der Waals surface area contributed by atoms with Crippen molar-refractivity contribution in [2.45, 2.75) is 37.8 Å². The zero-order valence-electron chi connectivity index (χ0n) is 14.4. The number of carbonyl (C=O) groups excluding carboxylic acids is 1. The minimum Gasteiger partial charge on any atom is -0.470 e. The van der Waals surface area contributed by atoms with Gasteiger partial charge >= 0.3 is 6.03 Å². The van der Waals surface area contributed by atoms with Gasteiger partial charge in [0.15, 0.2) is 0 Å². The maximum absolute atomic E-state index is 12.7. The Balaban J connectivity index is 1.25. The highest BCUT2D eigenvalue weighted by atomic mass is 35.5. The summed E-state index contributed by atoms with van der Waals surface area (Å²) >= 11 is 6.06. The van der Waals surface area contributed by atoms with Crippen LogP contribution in [0.2, 0.25) is 5.02 Å². The molecule has 0 radical (unpaired) electrons. The van der Waals surface area contributed by atoms with Crippen LogP contribution in [0.3, 0.4) is 0 Å². The largest absolute Gasteiger partial charge is 0.470 e. The van der Waals surface area contributed by atoms with Crippen molar-refractivity contribution in [3.05, 3.63) is 23.4 Å². The van der Waals surface area contributed by atoms with E-state index in [1.54, 1.807) is 18.3 Å². The number of amides is 2. The molecule has 0 atom stereocenters. The van der Waals surface area contributed by atoms with Crippen LogP contribution in [0.1, 0.15) is 25.7 Å². The monoisotopic (exact) mass is 364 g/mol. The maximum Gasteiger partial charge on any atom is 0.320 e. The molecule has 0 aromatic carbocycles. The molecule has 2 amide bonds. The van der Waals surface area contributed by atoms with E-state index >= 15 is 0 Å². The Bertz CT molecular complexity index is 619. The Hall–Kier alpha value is -1.53. The summed E-state index contributed by atoms with van der Waals surface area (Å²) in [6.07, 6.45) is 6.73. The Labute approximate surface area is 153 Å². The number of nitrogens with zero attached hydrogens (tertiary/aromatic N) is 4. The first-order valence-corrected chi connectivity index (χ1v) is 9.63. The van der Waals surface area contributed by atoms with Gasteiger partial charge in [0.1, 0.15) is 11.1 Å². The van der Waals surface area contributed by atoms with Crippen LogP contribution in [-0.4, -0.2) is 77.1 Å². The van der Waals surface area contributed by atoms with E-state index in [4.69, 9.17) is 16.3 Å². The highest BCUT2D eigenvalue weighted by Crippen LogP contribution is 2.27. The molecule has 2 aliphatic heterocycles. The van der Waals surface area contributed by atoms with Crippen molar-refractivity contribution in [3.63, 3.8) is 0 Å². The molecule has 3 fully saturated rings. The number of halogens is 1. The van der Waals surface area contributed by atoms with Crippen molar-refractivity contribution >= 4 is 17.6 Å². The molecule has 25 heavy (non-hydrogen) atoms. The second kappa shape index (κ2) is 7.38. The minimum atomic E-state index is -0.0187. The first-order chi connectivity index (χ1) is 12.2. The topological polar surface area (TPSA) is 48.9 Å². The van der Waals surface area contributed by atoms with Crippen LogP contribution < -0.4 is 4.74 Å². The van der Waals surface area contributed by atoms with E-state index in [-0.39, 0.29) is 12.1 Å². The smallest absolute Gasteiger partial charge is 0.320 e. The van der Waals surface area contributed by atoms with Crippen LogP contribution in [0.25, 0.3) is 0 Å². The Morgan fingerprint density at radius 1 is 1.12 bits per heavy atom. The maximum atomic E-state index is 12.7. The molecule has 3 heterocycles. The number of ether oxygens (including phenoxy) is 1. The van der Waals surface area contributed by atoms with Crippen molar-refractivity contribution in [3.8, 4) is 5.88 Å².